The number of rotatable bonds is 3. The second-order valence-electron chi connectivity index (χ2n) is 5.76. The Labute approximate surface area is 140 Å². The van der Waals surface area contributed by atoms with Gasteiger partial charge in [-0.3, -0.25) is 0 Å². The molecule has 0 radical (unpaired) electrons. The highest BCUT2D eigenvalue weighted by atomic mass is 16.7. The molecule has 0 amide bonds. The molecule has 1 aliphatic rings. The third-order valence-corrected chi connectivity index (χ3v) is 3.99. The van der Waals surface area contributed by atoms with E-state index in [9.17, 15) is 24.9 Å². The van der Waals surface area contributed by atoms with Gasteiger partial charge in [-0.15, -0.1) is 0 Å². The first kappa shape index (κ1) is 17.4. The number of aryl methyl sites for hydroxylation is 1. The van der Waals surface area contributed by atoms with Crippen molar-refractivity contribution in [3.63, 3.8) is 0 Å². The minimum Gasteiger partial charge on any atom is -0.479 e. The highest BCUT2D eigenvalue weighted by Gasteiger charge is 2.48. The van der Waals surface area contributed by atoms with Crippen LogP contribution in [0.4, 0.5) is 0 Å². The molecular formula is C16H16O9. The number of fused-ring (bicyclic) bond motifs is 1. The van der Waals surface area contributed by atoms with Gasteiger partial charge in [-0.2, -0.15) is 0 Å². The quantitative estimate of drug-likeness (QED) is 0.530. The molecule has 1 saturated heterocycles. The minimum atomic E-state index is -1.80. The minimum absolute atomic E-state index is 0.123. The molecule has 0 saturated carbocycles. The largest absolute Gasteiger partial charge is 0.479 e. The smallest absolute Gasteiger partial charge is 0.336 e. The average molecular weight is 352 g/mol. The van der Waals surface area contributed by atoms with E-state index in [1.807, 2.05) is 0 Å². The van der Waals surface area contributed by atoms with Crippen molar-refractivity contribution >= 4 is 16.9 Å². The molecule has 9 heteroatoms. The highest BCUT2D eigenvalue weighted by Crippen LogP contribution is 2.27. The van der Waals surface area contributed by atoms with Crippen LogP contribution in [-0.2, 0) is 9.53 Å². The number of aliphatic hydroxyl groups is 3. The lowest BCUT2D eigenvalue weighted by Gasteiger charge is -2.38. The van der Waals surface area contributed by atoms with E-state index in [1.54, 1.807) is 13.0 Å². The number of ether oxygens (including phenoxy) is 2. The summed E-state index contributed by atoms with van der Waals surface area (Å²) in [5.41, 5.74) is 0.403. The molecule has 25 heavy (non-hydrogen) atoms. The van der Waals surface area contributed by atoms with Crippen LogP contribution >= 0.6 is 0 Å². The van der Waals surface area contributed by atoms with E-state index in [0.717, 1.165) is 0 Å². The lowest BCUT2D eigenvalue weighted by atomic mass is 9.99. The van der Waals surface area contributed by atoms with Crippen LogP contribution < -0.4 is 10.4 Å². The van der Waals surface area contributed by atoms with Gasteiger partial charge >= 0.3 is 11.6 Å². The second-order valence-corrected chi connectivity index (χ2v) is 5.76. The van der Waals surface area contributed by atoms with Gasteiger partial charge in [-0.1, -0.05) is 0 Å². The maximum Gasteiger partial charge on any atom is 0.336 e. The van der Waals surface area contributed by atoms with Crippen molar-refractivity contribution in [3.8, 4) is 5.75 Å². The molecule has 3 rings (SSSR count). The number of aliphatic hydroxyl groups excluding tert-OH is 3. The zero-order chi connectivity index (χ0) is 18.3. The van der Waals surface area contributed by atoms with Crippen LogP contribution in [0.1, 0.15) is 5.56 Å². The summed E-state index contributed by atoms with van der Waals surface area (Å²) in [5.74, 6) is -1.38. The van der Waals surface area contributed by atoms with E-state index in [-0.39, 0.29) is 11.3 Å². The predicted molar refractivity (Wildman–Crippen MR) is 82.2 cm³/mol. The highest BCUT2D eigenvalue weighted by molar-refractivity contribution is 5.81. The Morgan fingerprint density at radius 1 is 1.12 bits per heavy atom. The first-order valence-corrected chi connectivity index (χ1v) is 7.41. The summed E-state index contributed by atoms with van der Waals surface area (Å²) in [6, 6.07) is 5.86. The van der Waals surface area contributed by atoms with Crippen molar-refractivity contribution < 1.29 is 39.1 Å². The molecule has 5 atom stereocenters. The van der Waals surface area contributed by atoms with Gasteiger partial charge in [0.05, 0.1) is 0 Å². The molecule has 0 spiro atoms. The van der Waals surface area contributed by atoms with Crippen LogP contribution in [-0.4, -0.2) is 57.1 Å². The van der Waals surface area contributed by atoms with E-state index >= 15 is 0 Å². The van der Waals surface area contributed by atoms with Gasteiger partial charge in [0.1, 0.15) is 29.6 Å². The molecule has 2 heterocycles. The van der Waals surface area contributed by atoms with Gasteiger partial charge in [0.25, 0.3) is 0 Å². The molecule has 9 nitrogen and oxygen atoms in total. The van der Waals surface area contributed by atoms with Crippen LogP contribution in [0.25, 0.3) is 11.0 Å². The molecular weight excluding hydrogens is 336 g/mol. The van der Waals surface area contributed by atoms with Crippen molar-refractivity contribution in [2.75, 3.05) is 0 Å². The Bertz CT molecular complexity index is 858. The zero-order valence-corrected chi connectivity index (χ0v) is 13.0. The lowest BCUT2D eigenvalue weighted by molar-refractivity contribution is -0.271. The van der Waals surface area contributed by atoms with E-state index in [4.69, 9.17) is 19.0 Å². The van der Waals surface area contributed by atoms with Gasteiger partial charge < -0.3 is 34.3 Å². The van der Waals surface area contributed by atoms with E-state index in [1.165, 1.54) is 18.2 Å². The van der Waals surface area contributed by atoms with Gasteiger partial charge in [0.15, 0.2) is 6.10 Å². The summed E-state index contributed by atoms with van der Waals surface area (Å²) in [5, 5.41) is 39.1. The molecule has 0 bridgehead atoms. The monoisotopic (exact) mass is 352 g/mol. The molecule has 2 aromatic rings. The summed E-state index contributed by atoms with van der Waals surface area (Å²) in [7, 11) is 0. The maximum atomic E-state index is 11.5. The maximum absolute atomic E-state index is 11.5. The van der Waals surface area contributed by atoms with Gasteiger partial charge in [0.2, 0.25) is 6.29 Å². The summed E-state index contributed by atoms with van der Waals surface area (Å²) >= 11 is 0. The molecule has 1 aliphatic heterocycles. The molecule has 4 N–H and O–H groups in total. The fourth-order valence-corrected chi connectivity index (χ4v) is 2.66. The third kappa shape index (κ3) is 3.22. The Morgan fingerprint density at radius 2 is 1.84 bits per heavy atom. The fourth-order valence-electron chi connectivity index (χ4n) is 2.66. The summed E-state index contributed by atoms with van der Waals surface area (Å²) in [6.07, 6.45) is -8.53. The first-order valence-electron chi connectivity index (χ1n) is 7.41. The third-order valence-electron chi connectivity index (χ3n) is 3.99. The lowest BCUT2D eigenvalue weighted by Crippen LogP contribution is -2.61. The molecule has 134 valence electrons. The van der Waals surface area contributed by atoms with Crippen molar-refractivity contribution in [1.29, 1.82) is 0 Å². The van der Waals surface area contributed by atoms with Gasteiger partial charge in [-0.25, -0.2) is 9.59 Å². The Kier molecular flexibility index (Phi) is 4.48. The molecule has 0 aliphatic carbocycles. The SMILES string of the molecule is Cc1cc(=O)oc2cc(O[C@@H]3O[C@@H](C(=O)O)[C@@H](O)[C@@H](O)[C@H]3O)ccc12. The van der Waals surface area contributed by atoms with Crippen molar-refractivity contribution in [2.45, 2.75) is 37.6 Å². The Morgan fingerprint density at radius 3 is 2.52 bits per heavy atom. The number of carboxylic acids is 1. The topological polar surface area (TPSA) is 147 Å². The normalized spacial score (nSPS) is 29.5. The van der Waals surface area contributed by atoms with Crippen LogP contribution in [0.3, 0.4) is 0 Å². The predicted octanol–water partition coefficient (Wildman–Crippen LogP) is -0.628. The Balaban J connectivity index is 1.89. The van der Waals surface area contributed by atoms with Crippen molar-refractivity contribution in [3.05, 3.63) is 40.2 Å². The first-order chi connectivity index (χ1) is 11.8. The fraction of sp³-hybridized carbons (Fsp3) is 0.375. The van der Waals surface area contributed by atoms with Crippen LogP contribution in [0.15, 0.2) is 33.5 Å². The van der Waals surface area contributed by atoms with Gasteiger partial charge in [-0.05, 0) is 24.6 Å². The van der Waals surface area contributed by atoms with E-state index in [0.29, 0.717) is 10.9 Å². The second kappa shape index (κ2) is 6.45. The van der Waals surface area contributed by atoms with Crippen molar-refractivity contribution in [1.82, 2.24) is 0 Å². The zero-order valence-electron chi connectivity index (χ0n) is 13.0. The molecule has 1 aromatic heterocycles. The standard InChI is InChI=1S/C16H16O9/c1-6-4-10(17)24-9-5-7(2-3-8(6)9)23-16-13(20)11(18)12(19)14(25-16)15(21)22/h2-5,11-14,16,18-20H,1H3,(H,21,22)/t11-,12+,13-,14-,16-/m1/s1. The van der Waals surface area contributed by atoms with Crippen LogP contribution in [0.5, 0.6) is 5.75 Å². The number of carboxylic acid groups (broad SMARTS) is 1. The van der Waals surface area contributed by atoms with Gasteiger partial charge in [0, 0.05) is 17.5 Å². The number of benzene rings is 1. The molecule has 0 unspecified atom stereocenters. The summed E-state index contributed by atoms with van der Waals surface area (Å²) < 4.78 is 15.5. The summed E-state index contributed by atoms with van der Waals surface area (Å²) in [6.45, 7) is 1.74. The Hall–Kier alpha value is -2.46. The van der Waals surface area contributed by atoms with Crippen molar-refractivity contribution in [2.24, 2.45) is 0 Å². The number of carbonyl (C=O) groups is 1. The average Bonchev–Trinajstić information content (AvgIpc) is 2.54. The van der Waals surface area contributed by atoms with E-state index in [2.05, 4.69) is 0 Å². The van der Waals surface area contributed by atoms with Crippen LogP contribution in [0.2, 0.25) is 0 Å². The summed E-state index contributed by atoms with van der Waals surface area (Å²) in [4.78, 5) is 22.5. The number of hydrogen-bond acceptors (Lipinski definition) is 8. The number of hydrogen-bond donors (Lipinski definition) is 4. The molecule has 1 aromatic carbocycles. The number of aliphatic carboxylic acids is 1. The molecule has 1 fully saturated rings. The van der Waals surface area contributed by atoms with E-state index < -0.39 is 42.3 Å². The van der Waals surface area contributed by atoms with Crippen LogP contribution in [0, 0.1) is 6.92 Å².